The highest BCUT2D eigenvalue weighted by Gasteiger charge is 2.39. The Balaban J connectivity index is 1.60. The van der Waals surface area contributed by atoms with Gasteiger partial charge in [0.1, 0.15) is 12.4 Å². The van der Waals surface area contributed by atoms with Crippen LogP contribution >= 0.6 is 0 Å². The van der Waals surface area contributed by atoms with Crippen LogP contribution in [0.15, 0.2) is 24.3 Å². The second-order valence-electron chi connectivity index (χ2n) is 7.52. The molecule has 3 rings (SSSR count). The molecule has 0 aromatic heterocycles. The molecule has 1 saturated heterocycles. The number of ether oxygens (including phenoxy) is 1. The Labute approximate surface area is 149 Å². The number of amides is 1. The van der Waals surface area contributed by atoms with Crippen molar-refractivity contribution in [2.45, 2.75) is 50.0 Å². The van der Waals surface area contributed by atoms with Gasteiger partial charge in [-0.05, 0) is 37.3 Å². The SMILES string of the molecule is COCC(=O)NC1CCN(CC2(c3ccccc3F)CCCC2)CC1. The van der Waals surface area contributed by atoms with Crippen molar-refractivity contribution < 1.29 is 13.9 Å². The van der Waals surface area contributed by atoms with Crippen LogP contribution in [-0.2, 0) is 14.9 Å². The standard InChI is InChI=1S/C20H29FN2O2/c1-25-14-19(24)22-16-8-12-23(13-9-16)15-20(10-4-5-11-20)17-6-2-3-7-18(17)21/h2-3,6-7,16H,4-5,8-15H2,1H3,(H,22,24). The minimum absolute atomic E-state index is 0.0421. The van der Waals surface area contributed by atoms with Gasteiger partial charge in [-0.25, -0.2) is 4.39 Å². The Morgan fingerprint density at radius 2 is 1.96 bits per heavy atom. The zero-order valence-corrected chi connectivity index (χ0v) is 15.1. The summed E-state index contributed by atoms with van der Waals surface area (Å²) in [5.74, 6) is -0.106. The molecule has 0 bridgehead atoms. The van der Waals surface area contributed by atoms with E-state index in [-0.39, 0.29) is 29.8 Å². The maximum absolute atomic E-state index is 14.4. The van der Waals surface area contributed by atoms with Crippen LogP contribution in [0.1, 0.15) is 44.1 Å². The third-order valence-electron chi connectivity index (χ3n) is 5.76. The molecule has 25 heavy (non-hydrogen) atoms. The van der Waals surface area contributed by atoms with E-state index in [0.717, 1.165) is 50.9 Å². The van der Waals surface area contributed by atoms with Gasteiger partial charge >= 0.3 is 0 Å². The number of rotatable bonds is 6. The molecule has 1 aromatic carbocycles. The first kappa shape index (κ1) is 18.3. The Bertz CT molecular complexity index is 579. The number of methoxy groups -OCH3 is 1. The van der Waals surface area contributed by atoms with Gasteiger partial charge in [0.2, 0.25) is 5.91 Å². The molecular formula is C20H29FN2O2. The van der Waals surface area contributed by atoms with Crippen molar-refractivity contribution in [3.63, 3.8) is 0 Å². The van der Waals surface area contributed by atoms with Gasteiger partial charge in [0, 0.05) is 38.2 Å². The lowest BCUT2D eigenvalue weighted by Gasteiger charge is -2.39. The second kappa shape index (κ2) is 8.28. The molecule has 5 heteroatoms. The van der Waals surface area contributed by atoms with Gasteiger partial charge in [-0.3, -0.25) is 4.79 Å². The van der Waals surface area contributed by atoms with Gasteiger partial charge in [0.05, 0.1) is 0 Å². The number of nitrogens with one attached hydrogen (secondary N) is 1. The summed E-state index contributed by atoms with van der Waals surface area (Å²) in [5, 5.41) is 3.03. The predicted octanol–water partition coefficient (Wildman–Crippen LogP) is 2.86. The van der Waals surface area contributed by atoms with Crippen molar-refractivity contribution in [2.24, 2.45) is 0 Å². The van der Waals surface area contributed by atoms with E-state index in [9.17, 15) is 9.18 Å². The van der Waals surface area contributed by atoms with Crippen LogP contribution in [0.4, 0.5) is 4.39 Å². The predicted molar refractivity (Wildman–Crippen MR) is 96.0 cm³/mol. The lowest BCUT2D eigenvalue weighted by atomic mass is 9.77. The summed E-state index contributed by atoms with van der Waals surface area (Å²) in [6.45, 7) is 2.95. The van der Waals surface area contributed by atoms with E-state index in [1.807, 2.05) is 12.1 Å². The first-order valence-corrected chi connectivity index (χ1v) is 9.39. The Hall–Kier alpha value is -1.46. The zero-order chi connectivity index (χ0) is 17.7. The van der Waals surface area contributed by atoms with Crippen LogP contribution in [0.3, 0.4) is 0 Å². The molecule has 0 radical (unpaired) electrons. The fraction of sp³-hybridized carbons (Fsp3) is 0.650. The lowest BCUT2D eigenvalue weighted by Crippen LogP contribution is -2.49. The van der Waals surface area contributed by atoms with Crippen molar-refractivity contribution in [3.8, 4) is 0 Å². The van der Waals surface area contributed by atoms with Crippen molar-refractivity contribution in [1.29, 1.82) is 0 Å². The molecule has 1 amide bonds. The first-order valence-electron chi connectivity index (χ1n) is 9.39. The van der Waals surface area contributed by atoms with E-state index in [2.05, 4.69) is 10.2 Å². The number of hydrogen-bond donors (Lipinski definition) is 1. The Kier molecular flexibility index (Phi) is 6.07. The van der Waals surface area contributed by atoms with Crippen LogP contribution in [-0.4, -0.2) is 50.2 Å². The van der Waals surface area contributed by atoms with Gasteiger partial charge in [-0.1, -0.05) is 31.0 Å². The smallest absolute Gasteiger partial charge is 0.246 e. The van der Waals surface area contributed by atoms with E-state index >= 15 is 0 Å². The lowest BCUT2D eigenvalue weighted by molar-refractivity contribution is -0.125. The average molecular weight is 348 g/mol. The maximum atomic E-state index is 14.4. The maximum Gasteiger partial charge on any atom is 0.246 e. The van der Waals surface area contributed by atoms with Crippen molar-refractivity contribution in [3.05, 3.63) is 35.6 Å². The molecule has 138 valence electrons. The molecule has 1 heterocycles. The average Bonchev–Trinajstić information content (AvgIpc) is 3.07. The van der Waals surface area contributed by atoms with E-state index in [0.29, 0.717) is 0 Å². The number of halogens is 1. The highest BCUT2D eigenvalue weighted by molar-refractivity contribution is 5.77. The summed E-state index contributed by atoms with van der Waals surface area (Å²) in [4.78, 5) is 14.1. The van der Waals surface area contributed by atoms with Gasteiger partial charge < -0.3 is 15.0 Å². The molecule has 1 aromatic rings. The third-order valence-corrected chi connectivity index (χ3v) is 5.76. The minimum atomic E-state index is -0.0638. The van der Waals surface area contributed by atoms with E-state index in [1.54, 1.807) is 12.1 Å². The molecule has 2 aliphatic rings. The quantitative estimate of drug-likeness (QED) is 0.859. The third kappa shape index (κ3) is 4.39. The number of carbonyl (C=O) groups excluding carboxylic acids is 1. The molecule has 1 saturated carbocycles. The van der Waals surface area contributed by atoms with Crippen LogP contribution < -0.4 is 5.32 Å². The van der Waals surface area contributed by atoms with Gasteiger partial charge in [-0.15, -0.1) is 0 Å². The van der Waals surface area contributed by atoms with E-state index in [4.69, 9.17) is 4.74 Å². The number of piperidine rings is 1. The highest BCUT2D eigenvalue weighted by Crippen LogP contribution is 2.43. The molecule has 0 atom stereocenters. The fourth-order valence-corrected chi connectivity index (χ4v) is 4.52. The number of hydrogen-bond acceptors (Lipinski definition) is 3. The number of benzene rings is 1. The molecule has 4 nitrogen and oxygen atoms in total. The summed E-state index contributed by atoms with van der Waals surface area (Å²) in [7, 11) is 1.53. The zero-order valence-electron chi connectivity index (χ0n) is 15.1. The normalized spacial score (nSPS) is 21.4. The van der Waals surface area contributed by atoms with Gasteiger partial charge in [0.15, 0.2) is 0 Å². The highest BCUT2D eigenvalue weighted by atomic mass is 19.1. The molecule has 0 unspecified atom stereocenters. The summed E-state index contributed by atoms with van der Waals surface area (Å²) in [6, 6.07) is 7.52. The molecule has 1 N–H and O–H groups in total. The van der Waals surface area contributed by atoms with Crippen LogP contribution in [0.25, 0.3) is 0 Å². The summed E-state index contributed by atoms with van der Waals surface area (Å²) in [5.41, 5.74) is 0.848. The minimum Gasteiger partial charge on any atom is -0.375 e. The van der Waals surface area contributed by atoms with Gasteiger partial charge in [0.25, 0.3) is 0 Å². The van der Waals surface area contributed by atoms with E-state index in [1.165, 1.54) is 20.0 Å². The number of likely N-dealkylation sites (tertiary alicyclic amines) is 1. The molecule has 1 aliphatic heterocycles. The Morgan fingerprint density at radius 1 is 1.28 bits per heavy atom. The van der Waals surface area contributed by atoms with Crippen molar-refractivity contribution in [2.75, 3.05) is 33.4 Å². The van der Waals surface area contributed by atoms with Crippen molar-refractivity contribution >= 4 is 5.91 Å². The fourth-order valence-electron chi connectivity index (χ4n) is 4.52. The van der Waals surface area contributed by atoms with Crippen LogP contribution in [0, 0.1) is 5.82 Å². The van der Waals surface area contributed by atoms with Crippen LogP contribution in [0.5, 0.6) is 0 Å². The monoisotopic (exact) mass is 348 g/mol. The number of nitrogens with zero attached hydrogens (tertiary/aromatic N) is 1. The second-order valence-corrected chi connectivity index (χ2v) is 7.52. The van der Waals surface area contributed by atoms with Gasteiger partial charge in [-0.2, -0.15) is 0 Å². The summed E-state index contributed by atoms with van der Waals surface area (Å²) < 4.78 is 19.3. The molecule has 2 fully saturated rings. The molecular weight excluding hydrogens is 319 g/mol. The first-order chi connectivity index (χ1) is 12.1. The number of carbonyl (C=O) groups is 1. The summed E-state index contributed by atoms with van der Waals surface area (Å²) >= 11 is 0. The summed E-state index contributed by atoms with van der Waals surface area (Å²) in [6.07, 6.45) is 6.39. The topological polar surface area (TPSA) is 41.6 Å². The largest absolute Gasteiger partial charge is 0.375 e. The Morgan fingerprint density at radius 3 is 2.60 bits per heavy atom. The molecule has 0 spiro atoms. The molecule has 1 aliphatic carbocycles. The van der Waals surface area contributed by atoms with Crippen molar-refractivity contribution in [1.82, 2.24) is 10.2 Å². The van der Waals surface area contributed by atoms with E-state index < -0.39 is 0 Å². The van der Waals surface area contributed by atoms with Crippen LogP contribution in [0.2, 0.25) is 0 Å².